The smallest absolute Gasteiger partial charge is 0.244 e. The van der Waals surface area contributed by atoms with E-state index in [-0.39, 0.29) is 18.3 Å². The summed E-state index contributed by atoms with van der Waals surface area (Å²) >= 11 is 0. The Kier molecular flexibility index (Phi) is 7.25. The first-order valence-corrected chi connectivity index (χ1v) is 6.14. The highest BCUT2D eigenvalue weighted by molar-refractivity contribution is 5.91. The summed E-state index contributed by atoms with van der Waals surface area (Å²) in [5.74, 6) is 0.581. The van der Waals surface area contributed by atoms with E-state index in [0.717, 1.165) is 32.8 Å². The van der Waals surface area contributed by atoms with Gasteiger partial charge in [0.25, 0.3) is 0 Å². The van der Waals surface area contributed by atoms with Crippen LogP contribution < -0.4 is 5.32 Å². The lowest BCUT2D eigenvalue weighted by Gasteiger charge is -2.26. The van der Waals surface area contributed by atoms with Crippen LogP contribution in [0.5, 0.6) is 0 Å². The van der Waals surface area contributed by atoms with Crippen molar-refractivity contribution in [1.29, 1.82) is 0 Å². The number of carbonyl (C=O) groups is 1. The molecule has 0 spiro atoms. The fourth-order valence-corrected chi connectivity index (χ4v) is 1.76. The van der Waals surface area contributed by atoms with Crippen molar-refractivity contribution in [3.63, 3.8) is 0 Å². The van der Waals surface area contributed by atoms with Gasteiger partial charge in [0.15, 0.2) is 0 Å². The van der Waals surface area contributed by atoms with E-state index in [9.17, 15) is 4.79 Å². The fraction of sp³-hybridized carbons (Fsp3) is 0.462. The molecule has 0 bridgehead atoms. The zero-order valence-corrected chi connectivity index (χ0v) is 11.5. The van der Waals surface area contributed by atoms with Crippen molar-refractivity contribution < 1.29 is 13.9 Å². The van der Waals surface area contributed by atoms with Crippen LogP contribution in [0, 0.1) is 0 Å². The third-order valence-corrected chi connectivity index (χ3v) is 2.77. The van der Waals surface area contributed by atoms with Gasteiger partial charge in [0.05, 0.1) is 19.5 Å². The fourth-order valence-electron chi connectivity index (χ4n) is 1.76. The van der Waals surface area contributed by atoms with Crippen LogP contribution in [0.25, 0.3) is 6.08 Å². The minimum absolute atomic E-state index is 0. The molecule has 0 saturated carbocycles. The molecule has 0 aromatic carbocycles. The molecule has 1 aromatic heterocycles. The third-order valence-electron chi connectivity index (χ3n) is 2.77. The van der Waals surface area contributed by atoms with Crippen LogP contribution in [-0.4, -0.2) is 50.2 Å². The Morgan fingerprint density at radius 1 is 1.42 bits per heavy atom. The summed E-state index contributed by atoms with van der Waals surface area (Å²) < 4.78 is 10.4. The molecular formula is C13H19ClN2O3. The van der Waals surface area contributed by atoms with E-state index < -0.39 is 0 Å². The topological polar surface area (TPSA) is 54.7 Å². The molecule has 5 nitrogen and oxygen atoms in total. The number of rotatable bonds is 5. The molecule has 1 amide bonds. The molecule has 6 heteroatoms. The zero-order chi connectivity index (χ0) is 12.6. The maximum atomic E-state index is 11.5. The van der Waals surface area contributed by atoms with E-state index in [4.69, 9.17) is 9.15 Å². The minimum Gasteiger partial charge on any atom is -0.465 e. The predicted octanol–water partition coefficient (Wildman–Crippen LogP) is 1.16. The predicted molar refractivity (Wildman–Crippen MR) is 75.3 cm³/mol. The molecular weight excluding hydrogens is 268 g/mol. The minimum atomic E-state index is -0.0975. The number of hydrogen-bond acceptors (Lipinski definition) is 4. The van der Waals surface area contributed by atoms with Crippen molar-refractivity contribution in [1.82, 2.24) is 10.2 Å². The zero-order valence-electron chi connectivity index (χ0n) is 10.7. The van der Waals surface area contributed by atoms with E-state index in [0.29, 0.717) is 12.3 Å². The van der Waals surface area contributed by atoms with Gasteiger partial charge < -0.3 is 14.5 Å². The van der Waals surface area contributed by atoms with Gasteiger partial charge in [-0.25, -0.2) is 0 Å². The van der Waals surface area contributed by atoms with Crippen molar-refractivity contribution >= 4 is 24.4 Å². The van der Waals surface area contributed by atoms with Gasteiger partial charge in [0.2, 0.25) is 5.91 Å². The van der Waals surface area contributed by atoms with E-state index in [1.165, 1.54) is 6.08 Å². The Balaban J connectivity index is 0.00000180. The molecule has 0 aliphatic carbocycles. The second-order valence-corrected chi connectivity index (χ2v) is 4.09. The highest BCUT2D eigenvalue weighted by Gasteiger charge is 2.09. The summed E-state index contributed by atoms with van der Waals surface area (Å²) in [5, 5.41) is 2.84. The molecule has 2 rings (SSSR count). The Bertz CT molecular complexity index is 387. The first-order chi connectivity index (χ1) is 8.84. The average Bonchev–Trinajstić information content (AvgIpc) is 2.91. The Morgan fingerprint density at radius 2 is 2.21 bits per heavy atom. The van der Waals surface area contributed by atoms with Crippen LogP contribution >= 0.6 is 12.4 Å². The summed E-state index contributed by atoms with van der Waals surface area (Å²) in [6.07, 6.45) is 4.72. The van der Waals surface area contributed by atoms with Gasteiger partial charge in [-0.3, -0.25) is 9.69 Å². The highest BCUT2D eigenvalue weighted by atomic mass is 35.5. The second-order valence-electron chi connectivity index (χ2n) is 4.09. The molecule has 1 saturated heterocycles. The standard InChI is InChI=1S/C13H18N2O3.ClH/c16-13(4-3-12-2-1-9-18-12)14-5-6-15-7-10-17-11-8-15;/h1-4,9H,5-8,10-11H2,(H,14,16);1H/b4-3+;. The van der Waals surface area contributed by atoms with Crippen molar-refractivity contribution in [2.75, 3.05) is 39.4 Å². The largest absolute Gasteiger partial charge is 0.465 e. The van der Waals surface area contributed by atoms with Crippen molar-refractivity contribution in [3.8, 4) is 0 Å². The summed E-state index contributed by atoms with van der Waals surface area (Å²) in [6.45, 7) is 4.97. The highest BCUT2D eigenvalue weighted by Crippen LogP contribution is 2.01. The SMILES string of the molecule is Cl.O=C(/C=C/c1ccco1)NCCN1CCOCC1. The number of nitrogens with one attached hydrogen (secondary N) is 1. The maximum Gasteiger partial charge on any atom is 0.244 e. The second kappa shape index (κ2) is 8.74. The molecule has 106 valence electrons. The molecule has 1 aliphatic rings. The quantitative estimate of drug-likeness (QED) is 0.826. The van der Waals surface area contributed by atoms with Crippen molar-refractivity contribution in [3.05, 3.63) is 30.2 Å². The van der Waals surface area contributed by atoms with E-state index in [1.807, 2.05) is 0 Å². The molecule has 1 N–H and O–H groups in total. The van der Waals surface area contributed by atoms with E-state index >= 15 is 0 Å². The van der Waals surface area contributed by atoms with E-state index in [2.05, 4.69) is 10.2 Å². The summed E-state index contributed by atoms with van der Waals surface area (Å²) in [7, 11) is 0. The maximum absolute atomic E-state index is 11.5. The molecule has 0 unspecified atom stereocenters. The molecule has 19 heavy (non-hydrogen) atoms. The normalized spacial score (nSPS) is 16.2. The van der Waals surface area contributed by atoms with Crippen LogP contribution in [0.1, 0.15) is 5.76 Å². The number of hydrogen-bond donors (Lipinski definition) is 1. The summed E-state index contributed by atoms with van der Waals surface area (Å²) in [6, 6.07) is 3.59. The van der Waals surface area contributed by atoms with Gasteiger partial charge in [-0.15, -0.1) is 12.4 Å². The van der Waals surface area contributed by atoms with Crippen molar-refractivity contribution in [2.45, 2.75) is 0 Å². The van der Waals surface area contributed by atoms with Crippen molar-refractivity contribution in [2.24, 2.45) is 0 Å². The Hall–Kier alpha value is -1.30. The van der Waals surface area contributed by atoms with Gasteiger partial charge in [0, 0.05) is 32.3 Å². The van der Waals surface area contributed by atoms with Crippen LogP contribution in [0.4, 0.5) is 0 Å². The number of halogens is 1. The number of ether oxygens (including phenoxy) is 1. The lowest BCUT2D eigenvalue weighted by Crippen LogP contribution is -2.41. The molecule has 1 aliphatic heterocycles. The molecule has 0 radical (unpaired) electrons. The van der Waals surface area contributed by atoms with E-state index in [1.54, 1.807) is 24.5 Å². The molecule has 0 atom stereocenters. The Morgan fingerprint density at radius 3 is 2.89 bits per heavy atom. The Labute approximate surface area is 119 Å². The number of carbonyl (C=O) groups excluding carboxylic acids is 1. The van der Waals surface area contributed by atoms with Gasteiger partial charge in [-0.1, -0.05) is 0 Å². The van der Waals surface area contributed by atoms with Gasteiger partial charge in [0.1, 0.15) is 5.76 Å². The number of amides is 1. The van der Waals surface area contributed by atoms with Crippen LogP contribution in [-0.2, 0) is 9.53 Å². The van der Waals surface area contributed by atoms with Gasteiger partial charge in [-0.05, 0) is 18.2 Å². The lowest BCUT2D eigenvalue weighted by atomic mass is 10.3. The average molecular weight is 287 g/mol. The third kappa shape index (κ3) is 5.92. The number of furan rings is 1. The molecule has 2 heterocycles. The number of nitrogens with zero attached hydrogens (tertiary/aromatic N) is 1. The summed E-state index contributed by atoms with van der Waals surface area (Å²) in [4.78, 5) is 13.8. The van der Waals surface area contributed by atoms with Gasteiger partial charge >= 0.3 is 0 Å². The lowest BCUT2D eigenvalue weighted by molar-refractivity contribution is -0.116. The molecule has 1 fully saturated rings. The van der Waals surface area contributed by atoms with Crippen LogP contribution in [0.15, 0.2) is 28.9 Å². The van der Waals surface area contributed by atoms with Crippen LogP contribution in [0.2, 0.25) is 0 Å². The summed E-state index contributed by atoms with van der Waals surface area (Å²) in [5.41, 5.74) is 0. The number of morpholine rings is 1. The van der Waals surface area contributed by atoms with Crippen LogP contribution in [0.3, 0.4) is 0 Å². The van der Waals surface area contributed by atoms with Gasteiger partial charge in [-0.2, -0.15) is 0 Å². The monoisotopic (exact) mass is 286 g/mol. The first-order valence-electron chi connectivity index (χ1n) is 6.14. The molecule has 1 aromatic rings. The first kappa shape index (κ1) is 15.8.